The molecule has 1 aliphatic heterocycles. The van der Waals surface area contributed by atoms with E-state index < -0.39 is 5.54 Å². The van der Waals surface area contributed by atoms with Crippen LogP contribution in [-0.4, -0.2) is 39.0 Å². The highest BCUT2D eigenvalue weighted by Crippen LogP contribution is 2.30. The Hall–Kier alpha value is -1.36. The average molecular weight is 276 g/mol. The zero-order valence-electron chi connectivity index (χ0n) is 12.0. The Labute approximate surface area is 120 Å². The molecule has 0 aromatic carbocycles. The van der Waals surface area contributed by atoms with Crippen LogP contribution >= 0.6 is 0 Å². The van der Waals surface area contributed by atoms with Crippen molar-refractivity contribution in [3.63, 3.8) is 0 Å². The number of nitrogens with two attached hydrogens (primary N) is 1. The summed E-state index contributed by atoms with van der Waals surface area (Å²) in [5.41, 5.74) is 5.77. The van der Waals surface area contributed by atoms with Gasteiger partial charge in [-0.2, -0.15) is 0 Å². The number of carbonyl (C=O) groups is 1. The first-order chi connectivity index (χ1) is 9.69. The van der Waals surface area contributed by atoms with Crippen molar-refractivity contribution >= 4 is 5.91 Å². The molecule has 0 unspecified atom stereocenters. The van der Waals surface area contributed by atoms with Gasteiger partial charge >= 0.3 is 0 Å². The molecule has 5 nitrogen and oxygen atoms in total. The highest BCUT2D eigenvalue weighted by atomic mass is 16.2. The van der Waals surface area contributed by atoms with Crippen LogP contribution in [0.25, 0.3) is 0 Å². The maximum atomic E-state index is 12.6. The molecule has 2 N–H and O–H groups in total. The van der Waals surface area contributed by atoms with E-state index in [1.807, 2.05) is 23.6 Å². The molecule has 0 atom stereocenters. The molecule has 1 amide bonds. The number of hydrogen-bond acceptors (Lipinski definition) is 3. The monoisotopic (exact) mass is 276 g/mol. The van der Waals surface area contributed by atoms with Crippen LogP contribution in [0.3, 0.4) is 0 Å². The van der Waals surface area contributed by atoms with Gasteiger partial charge in [0.2, 0.25) is 5.91 Å². The van der Waals surface area contributed by atoms with E-state index in [-0.39, 0.29) is 5.91 Å². The average Bonchev–Trinajstić information content (AvgIpc) is 3.02. The van der Waals surface area contributed by atoms with E-state index in [4.69, 9.17) is 5.73 Å². The molecule has 2 fully saturated rings. The highest BCUT2D eigenvalue weighted by Gasteiger charge is 2.39. The summed E-state index contributed by atoms with van der Waals surface area (Å²) in [6.45, 7) is 1.64. The first kappa shape index (κ1) is 13.6. The lowest BCUT2D eigenvalue weighted by Crippen LogP contribution is -2.57. The molecule has 1 saturated carbocycles. The van der Waals surface area contributed by atoms with Gasteiger partial charge in [0.05, 0.1) is 11.9 Å². The lowest BCUT2D eigenvalue weighted by atomic mass is 9.81. The van der Waals surface area contributed by atoms with Crippen LogP contribution in [-0.2, 0) is 4.79 Å². The molecule has 3 rings (SSSR count). The molecule has 1 aromatic rings. The quantitative estimate of drug-likeness (QED) is 0.894. The molecule has 2 aliphatic rings. The van der Waals surface area contributed by atoms with Gasteiger partial charge < -0.3 is 15.2 Å². The van der Waals surface area contributed by atoms with Gasteiger partial charge in [0.15, 0.2) is 0 Å². The number of nitrogens with zero attached hydrogens (tertiary/aromatic N) is 3. The van der Waals surface area contributed by atoms with E-state index in [2.05, 4.69) is 9.55 Å². The Morgan fingerprint density at radius 3 is 2.50 bits per heavy atom. The van der Waals surface area contributed by atoms with Gasteiger partial charge in [-0.05, 0) is 25.7 Å². The van der Waals surface area contributed by atoms with Crippen molar-refractivity contribution in [3.8, 4) is 0 Å². The summed E-state index contributed by atoms with van der Waals surface area (Å²) in [7, 11) is 0. The number of hydrogen-bond donors (Lipinski definition) is 1. The molecule has 0 spiro atoms. The minimum absolute atomic E-state index is 0.182. The molecule has 1 aromatic heterocycles. The SMILES string of the molecule is NC1(C(=O)N2CCC(n3ccnc3)CC2)CCCCC1. The predicted octanol–water partition coefficient (Wildman–Crippen LogP) is 1.71. The number of carbonyl (C=O) groups excluding carboxylic acids is 1. The molecule has 5 heteroatoms. The molecule has 20 heavy (non-hydrogen) atoms. The Balaban J connectivity index is 1.59. The maximum Gasteiger partial charge on any atom is 0.242 e. The smallest absolute Gasteiger partial charge is 0.242 e. The second-order valence-electron chi connectivity index (χ2n) is 6.25. The Bertz CT molecular complexity index is 442. The van der Waals surface area contributed by atoms with E-state index in [0.717, 1.165) is 51.6 Å². The Morgan fingerprint density at radius 1 is 1.20 bits per heavy atom. The number of piperidine rings is 1. The van der Waals surface area contributed by atoms with Gasteiger partial charge in [0.1, 0.15) is 0 Å². The lowest BCUT2D eigenvalue weighted by molar-refractivity contribution is -0.139. The van der Waals surface area contributed by atoms with Gasteiger partial charge in [-0.3, -0.25) is 4.79 Å². The first-order valence-electron chi connectivity index (χ1n) is 7.75. The molecule has 1 saturated heterocycles. The number of amides is 1. The van der Waals surface area contributed by atoms with E-state index in [1.54, 1.807) is 0 Å². The van der Waals surface area contributed by atoms with Crippen molar-refractivity contribution in [1.82, 2.24) is 14.5 Å². The van der Waals surface area contributed by atoms with Gasteiger partial charge in [-0.1, -0.05) is 19.3 Å². The van der Waals surface area contributed by atoms with Crippen molar-refractivity contribution in [2.24, 2.45) is 5.73 Å². The third-order valence-corrected chi connectivity index (χ3v) is 4.87. The van der Waals surface area contributed by atoms with E-state index >= 15 is 0 Å². The fourth-order valence-corrected chi connectivity index (χ4v) is 3.56. The topological polar surface area (TPSA) is 64.2 Å². The number of likely N-dealkylation sites (tertiary alicyclic amines) is 1. The van der Waals surface area contributed by atoms with Crippen LogP contribution in [0.5, 0.6) is 0 Å². The minimum Gasteiger partial charge on any atom is -0.341 e. The van der Waals surface area contributed by atoms with E-state index in [1.165, 1.54) is 6.42 Å². The van der Waals surface area contributed by atoms with Crippen LogP contribution < -0.4 is 5.73 Å². The molecular weight excluding hydrogens is 252 g/mol. The normalized spacial score (nSPS) is 23.8. The molecule has 0 radical (unpaired) electrons. The van der Waals surface area contributed by atoms with E-state index in [0.29, 0.717) is 6.04 Å². The fourth-order valence-electron chi connectivity index (χ4n) is 3.56. The predicted molar refractivity (Wildman–Crippen MR) is 77.1 cm³/mol. The largest absolute Gasteiger partial charge is 0.341 e. The first-order valence-corrected chi connectivity index (χ1v) is 7.75. The summed E-state index contributed by atoms with van der Waals surface area (Å²) in [5.74, 6) is 0.182. The van der Waals surface area contributed by atoms with Crippen LogP contribution in [0.2, 0.25) is 0 Å². The summed E-state index contributed by atoms with van der Waals surface area (Å²) in [6.07, 6.45) is 12.8. The molecule has 0 bridgehead atoms. The molecule has 2 heterocycles. The number of imidazole rings is 1. The Morgan fingerprint density at radius 2 is 1.90 bits per heavy atom. The third-order valence-electron chi connectivity index (χ3n) is 4.87. The van der Waals surface area contributed by atoms with E-state index in [9.17, 15) is 4.79 Å². The van der Waals surface area contributed by atoms with Crippen molar-refractivity contribution in [1.29, 1.82) is 0 Å². The van der Waals surface area contributed by atoms with Crippen LogP contribution in [0.1, 0.15) is 51.0 Å². The van der Waals surface area contributed by atoms with Crippen molar-refractivity contribution < 1.29 is 4.79 Å². The summed E-state index contributed by atoms with van der Waals surface area (Å²) in [4.78, 5) is 18.7. The molecule has 1 aliphatic carbocycles. The van der Waals surface area contributed by atoms with Gasteiger partial charge in [0.25, 0.3) is 0 Å². The standard InChI is InChI=1S/C15H24N4O/c16-15(6-2-1-3-7-15)14(20)18-9-4-13(5-10-18)19-11-8-17-12-19/h8,11-13H,1-7,9-10,16H2. The summed E-state index contributed by atoms with van der Waals surface area (Å²) < 4.78 is 2.15. The van der Waals surface area contributed by atoms with Gasteiger partial charge in [-0.15, -0.1) is 0 Å². The molecular formula is C15H24N4O. The summed E-state index contributed by atoms with van der Waals surface area (Å²) in [6, 6.07) is 0.474. The fraction of sp³-hybridized carbons (Fsp3) is 0.733. The second-order valence-corrected chi connectivity index (χ2v) is 6.25. The second kappa shape index (κ2) is 5.56. The summed E-state index contributed by atoms with van der Waals surface area (Å²) in [5, 5.41) is 0. The maximum absolute atomic E-state index is 12.6. The third kappa shape index (κ3) is 2.59. The van der Waals surface area contributed by atoms with Crippen molar-refractivity contribution in [3.05, 3.63) is 18.7 Å². The lowest BCUT2D eigenvalue weighted by Gasteiger charge is -2.40. The minimum atomic E-state index is -0.583. The number of aromatic nitrogens is 2. The zero-order chi connectivity index (χ0) is 14.0. The molecule has 110 valence electrons. The zero-order valence-corrected chi connectivity index (χ0v) is 12.0. The summed E-state index contributed by atoms with van der Waals surface area (Å²) >= 11 is 0. The van der Waals surface area contributed by atoms with Crippen LogP contribution in [0.4, 0.5) is 0 Å². The van der Waals surface area contributed by atoms with Gasteiger partial charge in [-0.25, -0.2) is 4.98 Å². The van der Waals surface area contributed by atoms with Gasteiger partial charge in [0, 0.05) is 31.5 Å². The Kier molecular flexibility index (Phi) is 3.78. The van der Waals surface area contributed by atoms with Crippen molar-refractivity contribution in [2.75, 3.05) is 13.1 Å². The van der Waals surface area contributed by atoms with Crippen LogP contribution in [0, 0.1) is 0 Å². The van der Waals surface area contributed by atoms with Crippen LogP contribution in [0.15, 0.2) is 18.7 Å². The number of rotatable bonds is 2. The van der Waals surface area contributed by atoms with Crippen molar-refractivity contribution in [2.45, 2.75) is 56.5 Å². The highest BCUT2D eigenvalue weighted by molar-refractivity contribution is 5.86.